The summed E-state index contributed by atoms with van der Waals surface area (Å²) in [5, 5.41) is 10.6. The van der Waals surface area contributed by atoms with Crippen molar-refractivity contribution in [3.05, 3.63) is 77.1 Å². The minimum Gasteiger partial charge on any atom is -0.503 e. The molecule has 2 aromatic carbocycles. The lowest BCUT2D eigenvalue weighted by Gasteiger charge is -2.27. The third-order valence-corrected chi connectivity index (χ3v) is 5.35. The average Bonchev–Trinajstić information content (AvgIpc) is 3.02. The maximum Gasteiger partial charge on any atom is 0.290 e. The van der Waals surface area contributed by atoms with Gasteiger partial charge in [0.1, 0.15) is 5.75 Å². The third kappa shape index (κ3) is 4.73. The summed E-state index contributed by atoms with van der Waals surface area (Å²) in [7, 11) is 0. The van der Waals surface area contributed by atoms with Crippen LogP contribution in [0.15, 0.2) is 65.9 Å². The van der Waals surface area contributed by atoms with Gasteiger partial charge in [-0.25, -0.2) is 0 Å². The summed E-state index contributed by atoms with van der Waals surface area (Å²) in [5.74, 6) is -0.341. The molecule has 5 heteroatoms. The summed E-state index contributed by atoms with van der Waals surface area (Å²) in [5.41, 5.74) is 2.06. The van der Waals surface area contributed by atoms with Crippen LogP contribution in [-0.4, -0.2) is 34.8 Å². The molecule has 0 saturated carbocycles. The number of aliphatic hydroxyl groups is 1. The largest absolute Gasteiger partial charge is 0.503 e. The number of ether oxygens (including phenoxy) is 1. The molecule has 0 spiro atoms. The number of unbranched alkanes of at least 4 members (excludes halogenated alkanes) is 1. The predicted molar refractivity (Wildman–Crippen MR) is 116 cm³/mol. The van der Waals surface area contributed by atoms with Crippen molar-refractivity contribution in [2.75, 3.05) is 13.2 Å². The Morgan fingerprint density at radius 3 is 2.40 bits per heavy atom. The second-order valence-corrected chi connectivity index (χ2v) is 7.43. The van der Waals surface area contributed by atoms with E-state index in [-0.39, 0.29) is 17.8 Å². The molecule has 1 aliphatic rings. The summed E-state index contributed by atoms with van der Waals surface area (Å²) in [6.07, 6.45) is 2.53. The molecule has 2 aromatic rings. The van der Waals surface area contributed by atoms with Gasteiger partial charge in [-0.15, -0.1) is 0 Å². The quantitative estimate of drug-likeness (QED) is 0.615. The molecule has 1 unspecified atom stereocenters. The maximum atomic E-state index is 13.1. The lowest BCUT2D eigenvalue weighted by atomic mass is 9.93. The van der Waals surface area contributed by atoms with Crippen molar-refractivity contribution in [1.29, 1.82) is 0 Å². The number of Topliss-reactive ketones (excluding diaryl/α,β-unsaturated/α-hetero) is 1. The first kappa shape index (κ1) is 21.6. The van der Waals surface area contributed by atoms with E-state index in [9.17, 15) is 14.7 Å². The fraction of sp³-hybridized carbons (Fsp3) is 0.360. The summed E-state index contributed by atoms with van der Waals surface area (Å²) in [6, 6.07) is 16.6. The van der Waals surface area contributed by atoms with Gasteiger partial charge in [0.25, 0.3) is 5.91 Å². The minimum atomic E-state index is -0.567. The molecule has 0 fully saturated rings. The van der Waals surface area contributed by atoms with Crippen LogP contribution in [0, 0.1) is 0 Å². The standard InChI is InChI=1S/C25H29NO4/c1-3-5-17-26-23(19-12-14-20(15-13-19)30-4-2)22(24(28)25(26)29)21(27)16-11-18-9-7-6-8-10-18/h6-10,12-15,23,28H,3-5,11,16-17H2,1-2H3. The van der Waals surface area contributed by atoms with E-state index in [1.54, 1.807) is 4.90 Å². The van der Waals surface area contributed by atoms with Crippen LogP contribution in [0.1, 0.15) is 50.3 Å². The molecule has 1 N–H and O–H groups in total. The molecule has 0 aromatic heterocycles. The van der Waals surface area contributed by atoms with Gasteiger partial charge in [0.2, 0.25) is 0 Å². The normalized spacial score (nSPS) is 16.3. The lowest BCUT2D eigenvalue weighted by molar-refractivity contribution is -0.129. The van der Waals surface area contributed by atoms with E-state index in [4.69, 9.17) is 4.74 Å². The number of benzene rings is 2. The van der Waals surface area contributed by atoms with E-state index in [2.05, 4.69) is 0 Å². The van der Waals surface area contributed by atoms with Crippen LogP contribution in [0.25, 0.3) is 0 Å². The Balaban J connectivity index is 1.88. The van der Waals surface area contributed by atoms with Crippen LogP contribution in [-0.2, 0) is 16.0 Å². The van der Waals surface area contributed by atoms with Crippen molar-refractivity contribution in [2.45, 2.75) is 45.6 Å². The van der Waals surface area contributed by atoms with Gasteiger partial charge in [-0.3, -0.25) is 9.59 Å². The highest BCUT2D eigenvalue weighted by Gasteiger charge is 2.42. The highest BCUT2D eigenvalue weighted by atomic mass is 16.5. The number of hydrogen-bond donors (Lipinski definition) is 1. The number of ketones is 1. The SMILES string of the molecule is CCCCN1C(=O)C(O)=C(C(=O)CCc2ccccc2)C1c1ccc(OCC)cc1. The molecule has 158 valence electrons. The Morgan fingerprint density at radius 2 is 1.77 bits per heavy atom. The molecule has 1 amide bonds. The van der Waals surface area contributed by atoms with Crippen LogP contribution < -0.4 is 4.74 Å². The molecule has 3 rings (SSSR count). The van der Waals surface area contributed by atoms with Crippen molar-refractivity contribution in [2.24, 2.45) is 0 Å². The van der Waals surface area contributed by atoms with E-state index < -0.39 is 17.7 Å². The maximum absolute atomic E-state index is 13.1. The fourth-order valence-corrected chi connectivity index (χ4v) is 3.79. The fourth-order valence-electron chi connectivity index (χ4n) is 3.79. The van der Waals surface area contributed by atoms with Crippen molar-refractivity contribution in [1.82, 2.24) is 4.90 Å². The zero-order chi connectivity index (χ0) is 21.5. The van der Waals surface area contributed by atoms with E-state index in [0.29, 0.717) is 19.6 Å². The zero-order valence-corrected chi connectivity index (χ0v) is 17.6. The van der Waals surface area contributed by atoms with Gasteiger partial charge in [-0.2, -0.15) is 0 Å². The van der Waals surface area contributed by atoms with Crippen molar-refractivity contribution < 1.29 is 19.4 Å². The van der Waals surface area contributed by atoms with Crippen molar-refractivity contribution in [3.63, 3.8) is 0 Å². The molecule has 1 heterocycles. The second kappa shape index (κ2) is 10.1. The third-order valence-electron chi connectivity index (χ3n) is 5.35. The first-order chi connectivity index (χ1) is 14.6. The van der Waals surface area contributed by atoms with Gasteiger partial charge in [0.15, 0.2) is 11.5 Å². The number of carbonyl (C=O) groups is 2. The Labute approximate surface area is 178 Å². The van der Waals surface area contributed by atoms with Crippen LogP contribution in [0.4, 0.5) is 0 Å². The van der Waals surface area contributed by atoms with Gasteiger partial charge in [0.05, 0.1) is 18.2 Å². The first-order valence-corrected chi connectivity index (χ1v) is 10.6. The number of carbonyl (C=O) groups excluding carboxylic acids is 2. The summed E-state index contributed by atoms with van der Waals surface area (Å²) < 4.78 is 5.51. The van der Waals surface area contributed by atoms with Crippen molar-refractivity contribution in [3.8, 4) is 5.75 Å². The van der Waals surface area contributed by atoms with E-state index in [0.717, 1.165) is 29.7 Å². The number of nitrogens with zero attached hydrogens (tertiary/aromatic N) is 1. The van der Waals surface area contributed by atoms with E-state index in [1.165, 1.54) is 0 Å². The summed E-state index contributed by atoms with van der Waals surface area (Å²) in [6.45, 7) is 5.02. The molecule has 1 aliphatic heterocycles. The number of rotatable bonds is 10. The van der Waals surface area contributed by atoms with Gasteiger partial charge in [0, 0.05) is 13.0 Å². The van der Waals surface area contributed by atoms with E-state index >= 15 is 0 Å². The molecule has 0 saturated heterocycles. The Kier molecular flexibility index (Phi) is 7.28. The molecule has 5 nitrogen and oxygen atoms in total. The number of amides is 1. The molecular weight excluding hydrogens is 378 g/mol. The minimum absolute atomic E-state index is 0.192. The van der Waals surface area contributed by atoms with Gasteiger partial charge >= 0.3 is 0 Å². The zero-order valence-electron chi connectivity index (χ0n) is 17.6. The number of aliphatic hydroxyl groups excluding tert-OH is 1. The van der Waals surface area contributed by atoms with Crippen molar-refractivity contribution >= 4 is 11.7 Å². The van der Waals surface area contributed by atoms with Crippen LogP contribution in [0.5, 0.6) is 5.75 Å². The molecule has 0 aliphatic carbocycles. The summed E-state index contributed by atoms with van der Waals surface area (Å²) >= 11 is 0. The van der Waals surface area contributed by atoms with Gasteiger partial charge in [-0.05, 0) is 43.0 Å². The molecule has 0 radical (unpaired) electrons. The summed E-state index contributed by atoms with van der Waals surface area (Å²) in [4.78, 5) is 27.5. The van der Waals surface area contributed by atoms with Crippen LogP contribution in [0.2, 0.25) is 0 Å². The number of hydrogen-bond acceptors (Lipinski definition) is 4. The average molecular weight is 408 g/mol. The Bertz CT molecular complexity index is 903. The second-order valence-electron chi connectivity index (χ2n) is 7.43. The smallest absolute Gasteiger partial charge is 0.290 e. The monoisotopic (exact) mass is 407 g/mol. The van der Waals surface area contributed by atoms with Gasteiger partial charge < -0.3 is 14.7 Å². The lowest BCUT2D eigenvalue weighted by Crippen LogP contribution is -2.32. The molecule has 1 atom stereocenters. The highest BCUT2D eigenvalue weighted by Crippen LogP contribution is 2.39. The Hall–Kier alpha value is -3.08. The first-order valence-electron chi connectivity index (χ1n) is 10.6. The topological polar surface area (TPSA) is 66.8 Å². The Morgan fingerprint density at radius 1 is 1.07 bits per heavy atom. The predicted octanol–water partition coefficient (Wildman–Crippen LogP) is 4.78. The van der Waals surface area contributed by atoms with Crippen LogP contribution in [0.3, 0.4) is 0 Å². The molecule has 30 heavy (non-hydrogen) atoms. The van der Waals surface area contributed by atoms with E-state index in [1.807, 2.05) is 68.4 Å². The molecule has 0 bridgehead atoms. The highest BCUT2D eigenvalue weighted by molar-refractivity contribution is 6.09. The number of aryl methyl sites for hydroxylation is 1. The van der Waals surface area contributed by atoms with Gasteiger partial charge in [-0.1, -0.05) is 55.8 Å². The molecular formula is C25H29NO4. The van der Waals surface area contributed by atoms with Crippen LogP contribution >= 0.6 is 0 Å².